The number of para-hydroxylation sites is 1. The average Bonchev–Trinajstić information content (AvgIpc) is 2.64. The maximum atomic E-state index is 13.7. The molecule has 8 heteroatoms. The first-order chi connectivity index (χ1) is 13.0. The van der Waals surface area contributed by atoms with Gasteiger partial charge in [-0.05, 0) is 24.3 Å². The van der Waals surface area contributed by atoms with E-state index < -0.39 is 23.4 Å². The number of likely N-dealkylation sites (tertiary alicyclic amines) is 1. The van der Waals surface area contributed by atoms with Crippen molar-refractivity contribution in [3.63, 3.8) is 0 Å². The monoisotopic (exact) mass is 373 g/mol. The van der Waals surface area contributed by atoms with Crippen molar-refractivity contribution in [2.24, 2.45) is 0 Å². The number of nitrogens with zero attached hydrogens (tertiary/aromatic N) is 1. The van der Waals surface area contributed by atoms with Crippen molar-refractivity contribution in [3.05, 3.63) is 59.7 Å². The molecule has 1 saturated heterocycles. The van der Waals surface area contributed by atoms with Crippen molar-refractivity contribution in [1.29, 1.82) is 0 Å². The van der Waals surface area contributed by atoms with Crippen LogP contribution < -0.4 is 15.4 Å². The van der Waals surface area contributed by atoms with Crippen molar-refractivity contribution in [1.82, 2.24) is 10.2 Å². The molecule has 0 radical (unpaired) electrons. The molecule has 2 aliphatic rings. The summed E-state index contributed by atoms with van der Waals surface area (Å²) in [7, 11) is 0. The Balaban J connectivity index is 1.42. The topological polar surface area (TPSA) is 70.7 Å². The number of hydrogen-bond acceptors (Lipinski definition) is 3. The highest BCUT2D eigenvalue weighted by Crippen LogP contribution is 2.33. The number of urea groups is 1. The maximum absolute atomic E-state index is 13.7. The molecular formula is C19H17F2N3O3. The van der Waals surface area contributed by atoms with Crippen molar-refractivity contribution in [2.45, 2.75) is 18.6 Å². The summed E-state index contributed by atoms with van der Waals surface area (Å²) in [6.07, 6.45) is 0.790. The summed E-state index contributed by atoms with van der Waals surface area (Å²) >= 11 is 0. The SMILES string of the molecule is O=C1NC2(CCN(C(=O)Nc3ccc(F)cc3F)CC2)Oc2ccccc21. The standard InChI is InChI=1S/C19H17F2N3O3/c20-12-5-6-15(14(21)11-12)22-18(26)24-9-7-19(8-10-24)23-17(25)13-3-1-2-4-16(13)27-19/h1-6,11H,7-10H2,(H,22,26)(H,23,25). The van der Waals surface area contributed by atoms with E-state index in [1.54, 1.807) is 24.3 Å². The number of benzene rings is 2. The Bertz CT molecular complexity index is 911. The lowest BCUT2D eigenvalue weighted by Gasteiger charge is -2.44. The lowest BCUT2D eigenvalue weighted by atomic mass is 9.97. The summed E-state index contributed by atoms with van der Waals surface area (Å²) in [5.41, 5.74) is -0.462. The number of piperidine rings is 1. The highest BCUT2D eigenvalue weighted by molar-refractivity contribution is 5.98. The van der Waals surface area contributed by atoms with Gasteiger partial charge < -0.3 is 20.3 Å². The molecule has 0 unspecified atom stereocenters. The van der Waals surface area contributed by atoms with E-state index in [-0.39, 0.29) is 11.6 Å². The molecule has 2 heterocycles. The first kappa shape index (κ1) is 17.3. The van der Waals surface area contributed by atoms with Crippen LogP contribution in [0.4, 0.5) is 19.3 Å². The minimum absolute atomic E-state index is 0.0853. The number of nitrogens with one attached hydrogen (secondary N) is 2. The Morgan fingerprint density at radius 3 is 2.63 bits per heavy atom. The number of amides is 3. The van der Waals surface area contributed by atoms with Crippen LogP contribution in [-0.2, 0) is 0 Å². The second-order valence-electron chi connectivity index (χ2n) is 6.59. The molecule has 0 aliphatic carbocycles. The van der Waals surface area contributed by atoms with Crippen LogP contribution >= 0.6 is 0 Å². The predicted molar refractivity (Wildman–Crippen MR) is 93.5 cm³/mol. The summed E-state index contributed by atoms with van der Waals surface area (Å²) in [6, 6.07) is 9.47. The Morgan fingerprint density at radius 1 is 1.15 bits per heavy atom. The molecule has 2 N–H and O–H groups in total. The average molecular weight is 373 g/mol. The molecule has 1 spiro atoms. The third kappa shape index (κ3) is 3.30. The van der Waals surface area contributed by atoms with Gasteiger partial charge in [-0.2, -0.15) is 0 Å². The normalized spacial score (nSPS) is 17.7. The molecule has 0 atom stereocenters. The van der Waals surface area contributed by atoms with Crippen LogP contribution in [0.2, 0.25) is 0 Å². The highest BCUT2D eigenvalue weighted by Gasteiger charge is 2.43. The van der Waals surface area contributed by atoms with E-state index in [1.807, 2.05) is 0 Å². The van der Waals surface area contributed by atoms with Crippen LogP contribution in [0.3, 0.4) is 0 Å². The van der Waals surface area contributed by atoms with Gasteiger partial charge in [0.05, 0.1) is 11.3 Å². The molecule has 6 nitrogen and oxygen atoms in total. The van der Waals surface area contributed by atoms with Gasteiger partial charge in [-0.3, -0.25) is 4.79 Å². The van der Waals surface area contributed by atoms with E-state index in [1.165, 1.54) is 11.0 Å². The highest BCUT2D eigenvalue weighted by atomic mass is 19.1. The van der Waals surface area contributed by atoms with Gasteiger partial charge in [0.2, 0.25) is 0 Å². The van der Waals surface area contributed by atoms with E-state index in [9.17, 15) is 18.4 Å². The van der Waals surface area contributed by atoms with Gasteiger partial charge in [0.1, 0.15) is 17.4 Å². The molecule has 2 aromatic rings. The van der Waals surface area contributed by atoms with E-state index in [0.717, 1.165) is 6.07 Å². The minimum atomic E-state index is -0.858. The Kier molecular flexibility index (Phi) is 4.18. The van der Waals surface area contributed by atoms with Crippen LogP contribution in [-0.4, -0.2) is 35.7 Å². The molecule has 0 aromatic heterocycles. The van der Waals surface area contributed by atoms with Crippen molar-refractivity contribution >= 4 is 17.6 Å². The molecule has 2 aliphatic heterocycles. The summed E-state index contributed by atoms with van der Waals surface area (Å²) < 4.78 is 32.7. The molecule has 140 valence electrons. The van der Waals surface area contributed by atoms with E-state index in [0.29, 0.717) is 43.3 Å². The number of hydrogen-bond donors (Lipinski definition) is 2. The van der Waals surface area contributed by atoms with E-state index in [4.69, 9.17) is 4.74 Å². The second-order valence-corrected chi connectivity index (χ2v) is 6.59. The van der Waals surface area contributed by atoms with Gasteiger partial charge in [-0.15, -0.1) is 0 Å². The fourth-order valence-corrected chi connectivity index (χ4v) is 3.34. The number of carbonyl (C=O) groups excluding carboxylic acids is 2. The van der Waals surface area contributed by atoms with E-state index in [2.05, 4.69) is 10.6 Å². The largest absolute Gasteiger partial charge is 0.467 e. The summed E-state index contributed by atoms with van der Waals surface area (Å²) in [5, 5.41) is 5.33. The van der Waals surface area contributed by atoms with Crippen LogP contribution in [0.25, 0.3) is 0 Å². The van der Waals surface area contributed by atoms with E-state index >= 15 is 0 Å². The molecular weight excluding hydrogens is 356 g/mol. The minimum Gasteiger partial charge on any atom is -0.467 e. The number of carbonyl (C=O) groups is 2. The maximum Gasteiger partial charge on any atom is 0.321 e. The molecule has 1 fully saturated rings. The second kappa shape index (κ2) is 6.53. The molecule has 4 rings (SSSR count). The van der Waals surface area contributed by atoms with Gasteiger partial charge in [-0.1, -0.05) is 12.1 Å². The Hall–Kier alpha value is -3.16. The summed E-state index contributed by atoms with van der Waals surface area (Å²) in [5.74, 6) is -1.23. The van der Waals surface area contributed by atoms with Crippen LogP contribution in [0.1, 0.15) is 23.2 Å². The first-order valence-electron chi connectivity index (χ1n) is 8.57. The number of rotatable bonds is 1. The third-order valence-corrected chi connectivity index (χ3v) is 4.81. The number of ether oxygens (including phenoxy) is 1. The molecule has 2 aromatic carbocycles. The fourth-order valence-electron chi connectivity index (χ4n) is 3.34. The van der Waals surface area contributed by atoms with Gasteiger partial charge >= 0.3 is 6.03 Å². The Labute approximate surface area is 154 Å². The first-order valence-corrected chi connectivity index (χ1v) is 8.57. The summed E-state index contributed by atoms with van der Waals surface area (Å²) in [4.78, 5) is 26.2. The molecule has 0 bridgehead atoms. The van der Waals surface area contributed by atoms with Gasteiger partial charge in [0, 0.05) is 32.0 Å². The van der Waals surface area contributed by atoms with Crippen LogP contribution in [0.15, 0.2) is 42.5 Å². The fraction of sp³-hybridized carbons (Fsp3) is 0.263. The van der Waals surface area contributed by atoms with Gasteiger partial charge in [0.25, 0.3) is 5.91 Å². The van der Waals surface area contributed by atoms with Gasteiger partial charge in [-0.25, -0.2) is 13.6 Å². The predicted octanol–water partition coefficient (Wildman–Crippen LogP) is 3.11. The lowest BCUT2D eigenvalue weighted by molar-refractivity contribution is -0.0203. The molecule has 3 amide bonds. The van der Waals surface area contributed by atoms with Crippen LogP contribution in [0.5, 0.6) is 5.75 Å². The third-order valence-electron chi connectivity index (χ3n) is 4.81. The van der Waals surface area contributed by atoms with Gasteiger partial charge in [0.15, 0.2) is 5.72 Å². The molecule has 0 saturated carbocycles. The zero-order valence-corrected chi connectivity index (χ0v) is 14.3. The van der Waals surface area contributed by atoms with Crippen molar-refractivity contribution < 1.29 is 23.1 Å². The van der Waals surface area contributed by atoms with Crippen LogP contribution in [0, 0.1) is 11.6 Å². The lowest BCUT2D eigenvalue weighted by Crippen LogP contribution is -2.61. The number of halogens is 2. The number of anilines is 1. The smallest absolute Gasteiger partial charge is 0.321 e. The zero-order valence-electron chi connectivity index (χ0n) is 14.3. The Morgan fingerprint density at radius 2 is 1.89 bits per heavy atom. The molecule has 27 heavy (non-hydrogen) atoms. The number of fused-ring (bicyclic) bond motifs is 1. The quantitative estimate of drug-likeness (QED) is 0.807. The van der Waals surface area contributed by atoms with Crippen molar-refractivity contribution in [2.75, 3.05) is 18.4 Å². The van der Waals surface area contributed by atoms with Crippen molar-refractivity contribution in [3.8, 4) is 5.75 Å². The zero-order chi connectivity index (χ0) is 19.0. The summed E-state index contributed by atoms with van der Waals surface area (Å²) in [6.45, 7) is 0.633.